The van der Waals surface area contributed by atoms with Crippen LogP contribution in [-0.4, -0.2) is 11.6 Å². The second kappa shape index (κ2) is 9.46. The SMILES string of the molecule is CC(C)CCCC(C)[C@H]1CC[C@H]2[C@@H]3CC(=O)O[C@@](C)(CC/C=C\C#N)[C@H]3CC[C@]12C. The minimum atomic E-state index is -0.373. The van der Waals surface area contributed by atoms with Crippen LogP contribution < -0.4 is 0 Å². The number of ether oxygens (including phenoxy) is 1. The van der Waals surface area contributed by atoms with Crippen LogP contribution in [-0.2, 0) is 9.53 Å². The summed E-state index contributed by atoms with van der Waals surface area (Å²) in [5.74, 6) is 4.00. The van der Waals surface area contributed by atoms with Crippen molar-refractivity contribution in [1.82, 2.24) is 0 Å². The maximum Gasteiger partial charge on any atom is 0.306 e. The Hall–Kier alpha value is -1.30. The number of allylic oxidation sites excluding steroid dienone is 2. The van der Waals surface area contributed by atoms with Crippen LogP contribution in [0.2, 0.25) is 0 Å². The molecule has 3 fully saturated rings. The molecule has 2 saturated carbocycles. The predicted octanol–water partition coefficient (Wildman–Crippen LogP) is 7.07. The normalized spacial score (nSPS) is 39.4. The maximum absolute atomic E-state index is 12.6. The van der Waals surface area contributed by atoms with Crippen molar-refractivity contribution < 1.29 is 9.53 Å². The number of hydrogen-bond acceptors (Lipinski definition) is 3. The van der Waals surface area contributed by atoms with Crippen molar-refractivity contribution in [2.75, 3.05) is 0 Å². The van der Waals surface area contributed by atoms with Gasteiger partial charge in [0, 0.05) is 18.4 Å². The molecule has 2 aliphatic carbocycles. The molecule has 3 aliphatic rings. The van der Waals surface area contributed by atoms with Gasteiger partial charge in [-0.1, -0.05) is 53.0 Å². The second-order valence-corrected chi connectivity index (χ2v) is 11.5. The van der Waals surface area contributed by atoms with Gasteiger partial charge < -0.3 is 4.74 Å². The summed E-state index contributed by atoms with van der Waals surface area (Å²) >= 11 is 0. The van der Waals surface area contributed by atoms with Crippen molar-refractivity contribution in [2.24, 2.45) is 40.9 Å². The van der Waals surface area contributed by atoms with Gasteiger partial charge in [0.05, 0.1) is 6.07 Å². The molecule has 30 heavy (non-hydrogen) atoms. The molecule has 0 bridgehead atoms. The van der Waals surface area contributed by atoms with Crippen LogP contribution in [0.4, 0.5) is 0 Å². The third-order valence-electron chi connectivity index (χ3n) is 9.17. The van der Waals surface area contributed by atoms with Crippen LogP contribution in [0.5, 0.6) is 0 Å². The summed E-state index contributed by atoms with van der Waals surface area (Å²) in [6.07, 6.45) is 14.8. The van der Waals surface area contributed by atoms with Crippen LogP contribution in [0, 0.1) is 52.3 Å². The lowest BCUT2D eigenvalue weighted by molar-refractivity contribution is -0.196. The zero-order valence-electron chi connectivity index (χ0n) is 20.0. The summed E-state index contributed by atoms with van der Waals surface area (Å²) in [7, 11) is 0. The maximum atomic E-state index is 12.6. The fraction of sp³-hybridized carbons (Fsp3) is 0.852. The molecule has 0 amide bonds. The Bertz CT molecular complexity index is 677. The summed E-state index contributed by atoms with van der Waals surface area (Å²) in [6, 6.07) is 2.07. The van der Waals surface area contributed by atoms with Gasteiger partial charge >= 0.3 is 5.97 Å². The molecule has 0 aromatic rings. The van der Waals surface area contributed by atoms with Crippen LogP contribution in [0.25, 0.3) is 0 Å². The van der Waals surface area contributed by atoms with Crippen LogP contribution in [0.1, 0.15) is 98.8 Å². The van der Waals surface area contributed by atoms with E-state index >= 15 is 0 Å². The molecule has 168 valence electrons. The summed E-state index contributed by atoms with van der Waals surface area (Å²) < 4.78 is 6.00. The lowest BCUT2D eigenvalue weighted by Gasteiger charge is -2.56. The van der Waals surface area contributed by atoms with Gasteiger partial charge in [0.15, 0.2) is 0 Å². The lowest BCUT2D eigenvalue weighted by atomic mass is 9.52. The first-order valence-corrected chi connectivity index (χ1v) is 12.5. The molecule has 1 unspecified atom stereocenters. The van der Waals surface area contributed by atoms with Gasteiger partial charge in [0.2, 0.25) is 0 Å². The second-order valence-electron chi connectivity index (χ2n) is 11.5. The zero-order chi connectivity index (χ0) is 21.9. The van der Waals surface area contributed by atoms with Gasteiger partial charge in [-0.3, -0.25) is 4.79 Å². The van der Waals surface area contributed by atoms with E-state index < -0.39 is 0 Å². The molecule has 0 aromatic carbocycles. The molecule has 3 rings (SSSR count). The topological polar surface area (TPSA) is 50.1 Å². The van der Waals surface area contributed by atoms with E-state index in [9.17, 15) is 4.79 Å². The fourth-order valence-corrected chi connectivity index (χ4v) is 7.67. The van der Waals surface area contributed by atoms with Crippen molar-refractivity contribution in [3.8, 4) is 6.07 Å². The van der Waals surface area contributed by atoms with Gasteiger partial charge in [-0.15, -0.1) is 0 Å². The van der Waals surface area contributed by atoms with Crippen molar-refractivity contribution in [1.29, 1.82) is 5.26 Å². The molecular formula is C27H43NO2. The molecule has 0 radical (unpaired) electrons. The van der Waals surface area contributed by atoms with Gasteiger partial charge in [0.1, 0.15) is 5.60 Å². The fourth-order valence-electron chi connectivity index (χ4n) is 7.67. The molecule has 3 heteroatoms. The number of nitrogens with zero attached hydrogens (tertiary/aromatic N) is 1. The third-order valence-corrected chi connectivity index (χ3v) is 9.17. The highest BCUT2D eigenvalue weighted by Gasteiger charge is 2.60. The monoisotopic (exact) mass is 413 g/mol. The van der Waals surface area contributed by atoms with Gasteiger partial charge in [-0.25, -0.2) is 0 Å². The molecule has 0 N–H and O–H groups in total. The smallest absolute Gasteiger partial charge is 0.306 e. The number of nitriles is 1. The van der Waals surface area contributed by atoms with Gasteiger partial charge in [0.25, 0.3) is 0 Å². The summed E-state index contributed by atoms with van der Waals surface area (Å²) in [5, 5.41) is 8.76. The summed E-state index contributed by atoms with van der Waals surface area (Å²) in [5.41, 5.74) is 0.0136. The minimum absolute atomic E-state index is 0.000643. The molecule has 1 aliphatic heterocycles. The molecular weight excluding hydrogens is 370 g/mol. The molecule has 7 atom stereocenters. The molecule has 3 nitrogen and oxygen atoms in total. The number of hydrogen-bond donors (Lipinski definition) is 0. The Morgan fingerprint density at radius 1 is 1.17 bits per heavy atom. The number of carbonyl (C=O) groups excluding carboxylic acids is 1. The van der Waals surface area contributed by atoms with Gasteiger partial charge in [-0.05, 0) is 80.5 Å². The highest BCUT2D eigenvalue weighted by Crippen LogP contribution is 2.64. The van der Waals surface area contributed by atoms with Crippen molar-refractivity contribution in [2.45, 2.75) is 104 Å². The van der Waals surface area contributed by atoms with Crippen molar-refractivity contribution in [3.05, 3.63) is 12.2 Å². The van der Waals surface area contributed by atoms with E-state index in [0.29, 0.717) is 29.6 Å². The largest absolute Gasteiger partial charge is 0.459 e. The number of cyclic esters (lactones) is 1. The average molecular weight is 414 g/mol. The number of carbonyl (C=O) groups is 1. The third kappa shape index (κ3) is 4.63. The van der Waals surface area contributed by atoms with Gasteiger partial charge in [-0.2, -0.15) is 5.26 Å². The Balaban J connectivity index is 1.72. The first kappa shape index (κ1) is 23.4. The highest BCUT2D eigenvalue weighted by molar-refractivity contribution is 5.71. The van der Waals surface area contributed by atoms with Crippen molar-refractivity contribution in [3.63, 3.8) is 0 Å². The van der Waals surface area contributed by atoms with Crippen LogP contribution in [0.15, 0.2) is 12.2 Å². The quantitative estimate of drug-likeness (QED) is 0.316. The average Bonchev–Trinajstić information content (AvgIpc) is 3.02. The van der Waals surface area contributed by atoms with E-state index in [4.69, 9.17) is 10.00 Å². The van der Waals surface area contributed by atoms with Crippen LogP contribution in [0.3, 0.4) is 0 Å². The molecule has 1 saturated heterocycles. The van der Waals surface area contributed by atoms with E-state index in [1.807, 2.05) is 6.08 Å². The standard InChI is InChI=1S/C27H43NO2/c1-19(2)10-9-11-20(3)22-12-13-23-21-18-25(29)30-27(5,15-7-6-8-17-28)24(21)14-16-26(22,23)4/h6,8,19-24H,7,9-16,18H2,1-5H3/b8-6-/t20?,21-,22+,23-,24-,26+,27-/m0/s1. The Labute approximate surface area is 184 Å². The highest BCUT2D eigenvalue weighted by atomic mass is 16.6. The Morgan fingerprint density at radius 2 is 1.93 bits per heavy atom. The lowest BCUT2D eigenvalue weighted by Crippen LogP contribution is -2.55. The van der Waals surface area contributed by atoms with Crippen molar-refractivity contribution >= 4 is 5.97 Å². The molecule has 0 spiro atoms. The first-order valence-electron chi connectivity index (χ1n) is 12.5. The number of rotatable bonds is 8. The molecule has 0 aromatic heterocycles. The predicted molar refractivity (Wildman–Crippen MR) is 121 cm³/mol. The van der Waals surface area contributed by atoms with E-state index in [1.165, 1.54) is 44.9 Å². The molecule has 1 heterocycles. The summed E-state index contributed by atoms with van der Waals surface area (Å²) in [4.78, 5) is 12.6. The first-order chi connectivity index (χ1) is 14.2. The van der Waals surface area contributed by atoms with E-state index in [0.717, 1.165) is 30.6 Å². The minimum Gasteiger partial charge on any atom is -0.459 e. The number of fused-ring (bicyclic) bond motifs is 3. The van der Waals surface area contributed by atoms with E-state index in [2.05, 4.69) is 40.7 Å². The van der Waals surface area contributed by atoms with E-state index in [-0.39, 0.29) is 11.6 Å². The summed E-state index contributed by atoms with van der Waals surface area (Å²) in [6.45, 7) is 11.9. The van der Waals surface area contributed by atoms with Crippen LogP contribution >= 0.6 is 0 Å². The zero-order valence-corrected chi connectivity index (χ0v) is 20.0. The Morgan fingerprint density at radius 3 is 2.63 bits per heavy atom. The Kier molecular flexibility index (Phi) is 7.36. The van der Waals surface area contributed by atoms with E-state index in [1.54, 1.807) is 6.08 Å². The number of esters is 1.